The van der Waals surface area contributed by atoms with Gasteiger partial charge in [-0.1, -0.05) is 23.2 Å². The second-order valence-electron chi connectivity index (χ2n) is 3.02. The van der Waals surface area contributed by atoms with E-state index in [0.29, 0.717) is 21.7 Å². The molecule has 0 spiro atoms. The monoisotopic (exact) mass is 234 g/mol. The van der Waals surface area contributed by atoms with E-state index in [2.05, 4.69) is 10.3 Å². The van der Waals surface area contributed by atoms with Gasteiger partial charge in [0, 0.05) is 7.05 Å². The van der Waals surface area contributed by atoms with Crippen molar-refractivity contribution in [1.82, 2.24) is 4.98 Å². The Morgan fingerprint density at radius 3 is 2.50 bits per heavy atom. The third-order valence-electron chi connectivity index (χ3n) is 1.48. The SMILES string of the molecule is CNc1nc(OC(C)C)c(Cl)cc1Cl. The summed E-state index contributed by atoms with van der Waals surface area (Å²) in [7, 11) is 1.74. The minimum atomic E-state index is 0.0332. The zero-order valence-electron chi connectivity index (χ0n) is 8.27. The van der Waals surface area contributed by atoms with Gasteiger partial charge in [0.15, 0.2) is 0 Å². The van der Waals surface area contributed by atoms with Crippen LogP contribution in [-0.4, -0.2) is 18.1 Å². The molecule has 0 aliphatic heterocycles. The molecule has 1 rings (SSSR count). The van der Waals surface area contributed by atoms with Crippen LogP contribution < -0.4 is 10.1 Å². The number of ether oxygens (including phenoxy) is 1. The summed E-state index contributed by atoms with van der Waals surface area (Å²) in [6.07, 6.45) is 0.0332. The summed E-state index contributed by atoms with van der Waals surface area (Å²) in [4.78, 5) is 4.13. The quantitative estimate of drug-likeness (QED) is 0.873. The first-order chi connectivity index (χ1) is 6.54. The van der Waals surface area contributed by atoms with Gasteiger partial charge in [0.05, 0.1) is 11.1 Å². The molecular formula is C9H12Cl2N2O. The lowest BCUT2D eigenvalue weighted by atomic mass is 10.4. The van der Waals surface area contributed by atoms with Crippen molar-refractivity contribution in [2.24, 2.45) is 0 Å². The maximum absolute atomic E-state index is 5.90. The molecule has 0 atom stereocenters. The largest absolute Gasteiger partial charge is 0.474 e. The van der Waals surface area contributed by atoms with E-state index in [0.717, 1.165) is 0 Å². The molecule has 0 radical (unpaired) electrons. The molecule has 0 amide bonds. The van der Waals surface area contributed by atoms with E-state index >= 15 is 0 Å². The van der Waals surface area contributed by atoms with Crippen molar-refractivity contribution in [2.75, 3.05) is 12.4 Å². The molecule has 0 aromatic carbocycles. The molecule has 1 N–H and O–H groups in total. The Balaban J connectivity index is 3.04. The number of nitrogens with zero attached hydrogens (tertiary/aromatic N) is 1. The second-order valence-corrected chi connectivity index (χ2v) is 3.84. The average Bonchev–Trinajstić information content (AvgIpc) is 2.09. The van der Waals surface area contributed by atoms with Gasteiger partial charge in [-0.3, -0.25) is 0 Å². The van der Waals surface area contributed by atoms with Crippen molar-refractivity contribution < 1.29 is 4.74 Å². The molecule has 0 aliphatic rings. The Kier molecular flexibility index (Phi) is 3.84. The van der Waals surface area contributed by atoms with Crippen LogP contribution in [-0.2, 0) is 0 Å². The van der Waals surface area contributed by atoms with Gasteiger partial charge >= 0.3 is 0 Å². The lowest BCUT2D eigenvalue weighted by Crippen LogP contribution is -2.08. The predicted octanol–water partition coefficient (Wildman–Crippen LogP) is 3.22. The number of aromatic nitrogens is 1. The van der Waals surface area contributed by atoms with Crippen molar-refractivity contribution in [3.05, 3.63) is 16.1 Å². The van der Waals surface area contributed by atoms with Crippen LogP contribution >= 0.6 is 23.2 Å². The minimum absolute atomic E-state index is 0.0332. The summed E-state index contributed by atoms with van der Waals surface area (Å²) in [5, 5.41) is 3.75. The minimum Gasteiger partial charge on any atom is -0.474 e. The molecule has 1 heterocycles. The van der Waals surface area contributed by atoms with Crippen LogP contribution in [0.25, 0.3) is 0 Å². The molecule has 0 fully saturated rings. The van der Waals surface area contributed by atoms with E-state index in [-0.39, 0.29) is 6.10 Å². The van der Waals surface area contributed by atoms with E-state index in [1.54, 1.807) is 13.1 Å². The number of hydrogen-bond donors (Lipinski definition) is 1. The molecular weight excluding hydrogens is 223 g/mol. The smallest absolute Gasteiger partial charge is 0.234 e. The summed E-state index contributed by atoms with van der Waals surface area (Å²) in [6.45, 7) is 3.82. The highest BCUT2D eigenvalue weighted by Crippen LogP contribution is 2.30. The molecule has 14 heavy (non-hydrogen) atoms. The summed E-state index contributed by atoms with van der Waals surface area (Å²) in [5.74, 6) is 0.960. The highest BCUT2D eigenvalue weighted by atomic mass is 35.5. The van der Waals surface area contributed by atoms with Crippen molar-refractivity contribution in [2.45, 2.75) is 20.0 Å². The number of rotatable bonds is 3. The van der Waals surface area contributed by atoms with Gasteiger partial charge in [0.1, 0.15) is 10.8 Å². The third kappa shape index (κ3) is 2.66. The molecule has 3 nitrogen and oxygen atoms in total. The Hall–Kier alpha value is -0.670. The van der Waals surface area contributed by atoms with Gasteiger partial charge in [0.2, 0.25) is 5.88 Å². The fourth-order valence-electron chi connectivity index (χ4n) is 0.931. The number of hydrogen-bond acceptors (Lipinski definition) is 3. The maximum atomic E-state index is 5.90. The summed E-state index contributed by atoms with van der Waals surface area (Å²) in [6, 6.07) is 1.61. The number of halogens is 2. The van der Waals surface area contributed by atoms with Crippen molar-refractivity contribution in [3.63, 3.8) is 0 Å². The van der Waals surface area contributed by atoms with Gasteiger partial charge in [-0.25, -0.2) is 0 Å². The lowest BCUT2D eigenvalue weighted by Gasteiger charge is -2.12. The zero-order valence-corrected chi connectivity index (χ0v) is 9.78. The predicted molar refractivity (Wildman–Crippen MR) is 59.6 cm³/mol. The highest BCUT2D eigenvalue weighted by molar-refractivity contribution is 6.36. The van der Waals surface area contributed by atoms with Crippen molar-refractivity contribution in [3.8, 4) is 5.88 Å². The van der Waals surface area contributed by atoms with Crippen LogP contribution in [0.15, 0.2) is 6.07 Å². The molecule has 0 aliphatic carbocycles. The molecule has 5 heteroatoms. The summed E-state index contributed by atoms with van der Waals surface area (Å²) >= 11 is 11.8. The number of anilines is 1. The first-order valence-corrected chi connectivity index (χ1v) is 5.00. The van der Waals surface area contributed by atoms with E-state index in [9.17, 15) is 0 Å². The van der Waals surface area contributed by atoms with Gasteiger partial charge in [0.25, 0.3) is 0 Å². The van der Waals surface area contributed by atoms with E-state index in [1.165, 1.54) is 0 Å². The Labute approximate surface area is 93.4 Å². The molecule has 78 valence electrons. The molecule has 0 unspecified atom stereocenters. The standard InChI is InChI=1S/C9H12Cl2N2O/c1-5(2)14-9-7(11)4-6(10)8(12-3)13-9/h4-5H,1-3H3,(H,12,13). The van der Waals surface area contributed by atoms with Crippen molar-refractivity contribution in [1.29, 1.82) is 0 Å². The molecule has 0 bridgehead atoms. The Bertz CT molecular complexity index is 329. The number of nitrogens with one attached hydrogen (secondary N) is 1. The van der Waals surface area contributed by atoms with Crippen LogP contribution in [0.4, 0.5) is 5.82 Å². The van der Waals surface area contributed by atoms with Gasteiger partial charge in [-0.05, 0) is 19.9 Å². The molecule has 0 saturated heterocycles. The zero-order chi connectivity index (χ0) is 10.7. The summed E-state index contributed by atoms with van der Waals surface area (Å²) < 4.78 is 5.40. The van der Waals surface area contributed by atoms with E-state index < -0.39 is 0 Å². The fourth-order valence-corrected chi connectivity index (χ4v) is 1.43. The number of pyridine rings is 1. The first-order valence-electron chi connectivity index (χ1n) is 4.25. The van der Waals surface area contributed by atoms with Gasteiger partial charge in [-0.2, -0.15) is 4.98 Å². The van der Waals surface area contributed by atoms with E-state index in [1.807, 2.05) is 13.8 Å². The van der Waals surface area contributed by atoms with Crippen LogP contribution in [0.3, 0.4) is 0 Å². The Morgan fingerprint density at radius 1 is 1.36 bits per heavy atom. The lowest BCUT2D eigenvalue weighted by molar-refractivity contribution is 0.233. The van der Waals surface area contributed by atoms with Crippen molar-refractivity contribution >= 4 is 29.0 Å². The highest BCUT2D eigenvalue weighted by Gasteiger charge is 2.10. The fraction of sp³-hybridized carbons (Fsp3) is 0.444. The molecule has 1 aromatic heterocycles. The van der Waals surface area contributed by atoms with Gasteiger partial charge in [-0.15, -0.1) is 0 Å². The van der Waals surface area contributed by atoms with Gasteiger partial charge < -0.3 is 10.1 Å². The van der Waals surface area contributed by atoms with E-state index in [4.69, 9.17) is 27.9 Å². The first kappa shape index (κ1) is 11.4. The van der Waals surface area contributed by atoms with Crippen LogP contribution in [0.5, 0.6) is 5.88 Å². The molecule has 1 aromatic rings. The Morgan fingerprint density at radius 2 is 2.00 bits per heavy atom. The second kappa shape index (κ2) is 4.71. The maximum Gasteiger partial charge on any atom is 0.234 e. The average molecular weight is 235 g/mol. The molecule has 0 saturated carbocycles. The normalized spacial score (nSPS) is 10.4. The van der Waals surface area contributed by atoms with Crippen LogP contribution in [0.1, 0.15) is 13.8 Å². The van der Waals surface area contributed by atoms with Crippen LogP contribution in [0.2, 0.25) is 10.0 Å². The summed E-state index contributed by atoms with van der Waals surface area (Å²) in [5.41, 5.74) is 0. The third-order valence-corrected chi connectivity index (χ3v) is 2.04. The topological polar surface area (TPSA) is 34.2 Å². The van der Waals surface area contributed by atoms with Crippen LogP contribution in [0, 0.1) is 0 Å².